The van der Waals surface area contributed by atoms with E-state index >= 15 is 0 Å². The molecule has 6 heteroatoms. The van der Waals surface area contributed by atoms with Crippen molar-refractivity contribution in [2.45, 2.75) is 39.2 Å². The molecule has 1 aliphatic rings. The van der Waals surface area contributed by atoms with Gasteiger partial charge in [0.25, 0.3) is 0 Å². The predicted molar refractivity (Wildman–Crippen MR) is 93.2 cm³/mol. The van der Waals surface area contributed by atoms with Crippen molar-refractivity contribution in [1.29, 1.82) is 0 Å². The summed E-state index contributed by atoms with van der Waals surface area (Å²) in [5.74, 6) is 0.0381. The summed E-state index contributed by atoms with van der Waals surface area (Å²) in [7, 11) is -3.05. The molecule has 0 spiro atoms. The van der Waals surface area contributed by atoms with Crippen LogP contribution in [0.2, 0.25) is 5.02 Å². The molecule has 1 amide bonds. The molecular weight excluding hydrogens is 334 g/mol. The fraction of sp³-hybridized carbons (Fsp3) is 0.588. The number of carbonyl (C=O) groups excluding carboxylic acids is 1. The Bertz CT molecular complexity index is 640. The Morgan fingerprint density at radius 3 is 2.43 bits per heavy atom. The topological polar surface area (TPSA) is 63.2 Å². The van der Waals surface area contributed by atoms with Gasteiger partial charge in [-0.3, -0.25) is 4.79 Å². The fourth-order valence-electron chi connectivity index (χ4n) is 2.81. The smallest absolute Gasteiger partial charge is 0.224 e. The average molecular weight is 358 g/mol. The van der Waals surface area contributed by atoms with E-state index in [0.29, 0.717) is 17.4 Å². The SMILES string of the molecule is CC(C)CCC(NC(=O)C1CCS(=O)(=O)C1)c1ccc(Cl)cc1. The molecule has 1 saturated heterocycles. The quantitative estimate of drug-likeness (QED) is 0.849. The number of halogens is 1. The Balaban J connectivity index is 2.07. The van der Waals surface area contributed by atoms with Gasteiger partial charge in [0.15, 0.2) is 9.84 Å². The number of carbonyl (C=O) groups is 1. The molecule has 1 N–H and O–H groups in total. The van der Waals surface area contributed by atoms with Gasteiger partial charge in [0, 0.05) is 5.02 Å². The zero-order valence-electron chi connectivity index (χ0n) is 13.6. The van der Waals surface area contributed by atoms with Crippen LogP contribution in [0.5, 0.6) is 0 Å². The van der Waals surface area contributed by atoms with Gasteiger partial charge in [-0.15, -0.1) is 0 Å². The fourth-order valence-corrected chi connectivity index (χ4v) is 4.68. The highest BCUT2D eigenvalue weighted by atomic mass is 35.5. The molecule has 1 aliphatic heterocycles. The first kappa shape index (κ1) is 18.3. The van der Waals surface area contributed by atoms with Crippen LogP contribution in [0, 0.1) is 11.8 Å². The van der Waals surface area contributed by atoms with E-state index in [1.54, 1.807) is 0 Å². The third-order valence-electron chi connectivity index (χ3n) is 4.22. The van der Waals surface area contributed by atoms with E-state index in [1.165, 1.54) is 0 Å². The van der Waals surface area contributed by atoms with Gasteiger partial charge in [-0.2, -0.15) is 0 Å². The van der Waals surface area contributed by atoms with E-state index in [9.17, 15) is 13.2 Å². The van der Waals surface area contributed by atoms with Crippen LogP contribution in [-0.2, 0) is 14.6 Å². The number of amides is 1. The van der Waals surface area contributed by atoms with Crippen molar-refractivity contribution in [3.63, 3.8) is 0 Å². The molecular formula is C17H24ClNO3S. The normalized spacial score (nSPS) is 21.3. The van der Waals surface area contributed by atoms with Gasteiger partial charge < -0.3 is 5.32 Å². The minimum atomic E-state index is -3.05. The first-order chi connectivity index (χ1) is 10.8. The van der Waals surface area contributed by atoms with Crippen LogP contribution >= 0.6 is 11.6 Å². The van der Waals surface area contributed by atoms with Gasteiger partial charge in [-0.25, -0.2) is 8.42 Å². The summed E-state index contributed by atoms with van der Waals surface area (Å²) in [6, 6.07) is 7.35. The first-order valence-corrected chi connectivity index (χ1v) is 10.2. The van der Waals surface area contributed by atoms with E-state index in [-0.39, 0.29) is 23.5 Å². The zero-order chi connectivity index (χ0) is 17.0. The largest absolute Gasteiger partial charge is 0.349 e. The molecule has 0 aromatic heterocycles. The number of hydrogen-bond acceptors (Lipinski definition) is 3. The van der Waals surface area contributed by atoms with Crippen LogP contribution in [0.3, 0.4) is 0 Å². The first-order valence-electron chi connectivity index (χ1n) is 8.03. The molecule has 0 saturated carbocycles. The van der Waals surface area contributed by atoms with Crippen LogP contribution in [-0.4, -0.2) is 25.8 Å². The maximum Gasteiger partial charge on any atom is 0.224 e. The summed E-state index contributed by atoms with van der Waals surface area (Å²) in [6.07, 6.45) is 2.23. The molecule has 2 unspecified atom stereocenters. The van der Waals surface area contributed by atoms with Gasteiger partial charge >= 0.3 is 0 Å². The van der Waals surface area contributed by atoms with E-state index in [1.807, 2.05) is 24.3 Å². The molecule has 23 heavy (non-hydrogen) atoms. The van der Waals surface area contributed by atoms with Crippen LogP contribution in [0.4, 0.5) is 0 Å². The van der Waals surface area contributed by atoms with E-state index < -0.39 is 15.8 Å². The number of benzene rings is 1. The lowest BCUT2D eigenvalue weighted by Crippen LogP contribution is -2.34. The minimum absolute atomic E-state index is 0.0314. The van der Waals surface area contributed by atoms with E-state index in [0.717, 1.165) is 18.4 Å². The molecule has 2 atom stereocenters. The average Bonchev–Trinajstić information content (AvgIpc) is 2.84. The van der Waals surface area contributed by atoms with Gasteiger partial charge in [-0.1, -0.05) is 37.6 Å². The standard InChI is InChI=1S/C17H24ClNO3S/c1-12(2)3-8-16(13-4-6-15(18)7-5-13)19-17(20)14-9-10-23(21,22)11-14/h4-7,12,14,16H,3,8-11H2,1-2H3,(H,19,20). The maximum absolute atomic E-state index is 12.4. The van der Waals surface area contributed by atoms with E-state index in [4.69, 9.17) is 11.6 Å². The van der Waals surface area contributed by atoms with Crippen molar-refractivity contribution >= 4 is 27.3 Å². The lowest BCUT2D eigenvalue weighted by atomic mass is 9.96. The van der Waals surface area contributed by atoms with Crippen LogP contribution < -0.4 is 5.32 Å². The Morgan fingerprint density at radius 1 is 1.26 bits per heavy atom. The van der Waals surface area contributed by atoms with Crippen LogP contribution in [0.1, 0.15) is 44.7 Å². The Kier molecular flexibility index (Phi) is 6.09. The molecule has 0 bridgehead atoms. The minimum Gasteiger partial charge on any atom is -0.349 e. The third kappa shape index (κ3) is 5.50. The molecule has 1 aromatic carbocycles. The second kappa shape index (κ2) is 7.67. The molecule has 1 heterocycles. The lowest BCUT2D eigenvalue weighted by molar-refractivity contribution is -0.125. The summed E-state index contributed by atoms with van der Waals surface area (Å²) >= 11 is 5.93. The Morgan fingerprint density at radius 2 is 1.91 bits per heavy atom. The molecule has 4 nitrogen and oxygen atoms in total. The summed E-state index contributed by atoms with van der Waals surface area (Å²) < 4.78 is 23.1. The number of nitrogens with one attached hydrogen (secondary N) is 1. The van der Waals surface area contributed by atoms with Crippen molar-refractivity contribution in [3.05, 3.63) is 34.9 Å². The summed E-state index contributed by atoms with van der Waals surface area (Å²) in [6.45, 7) is 4.29. The number of hydrogen-bond donors (Lipinski definition) is 1. The molecule has 0 aliphatic carbocycles. The monoisotopic (exact) mass is 357 g/mol. The van der Waals surface area contributed by atoms with Crippen molar-refractivity contribution in [2.75, 3.05) is 11.5 Å². The van der Waals surface area contributed by atoms with Crippen LogP contribution in [0.15, 0.2) is 24.3 Å². The highest BCUT2D eigenvalue weighted by Crippen LogP contribution is 2.25. The van der Waals surface area contributed by atoms with Gasteiger partial charge in [0.05, 0.1) is 23.5 Å². The predicted octanol–water partition coefficient (Wildman–Crippen LogP) is 3.37. The van der Waals surface area contributed by atoms with E-state index in [2.05, 4.69) is 19.2 Å². The Labute approximate surface area is 143 Å². The summed E-state index contributed by atoms with van der Waals surface area (Å²) in [4.78, 5) is 12.4. The molecule has 1 aromatic rings. The second-order valence-electron chi connectivity index (χ2n) is 6.68. The maximum atomic E-state index is 12.4. The van der Waals surface area contributed by atoms with Crippen LogP contribution in [0.25, 0.3) is 0 Å². The van der Waals surface area contributed by atoms with Crippen molar-refractivity contribution < 1.29 is 13.2 Å². The third-order valence-corrected chi connectivity index (χ3v) is 6.24. The Hall–Kier alpha value is -1.07. The molecule has 128 valence electrons. The molecule has 2 rings (SSSR count). The zero-order valence-corrected chi connectivity index (χ0v) is 15.2. The highest BCUT2D eigenvalue weighted by Gasteiger charge is 2.33. The van der Waals surface area contributed by atoms with Gasteiger partial charge in [0.2, 0.25) is 5.91 Å². The summed E-state index contributed by atoms with van der Waals surface area (Å²) in [5.41, 5.74) is 1.00. The van der Waals surface area contributed by atoms with Gasteiger partial charge in [0.1, 0.15) is 0 Å². The second-order valence-corrected chi connectivity index (χ2v) is 9.35. The highest BCUT2D eigenvalue weighted by molar-refractivity contribution is 7.91. The molecule has 1 fully saturated rings. The molecule has 0 radical (unpaired) electrons. The lowest BCUT2D eigenvalue weighted by Gasteiger charge is -2.22. The number of rotatable bonds is 6. The van der Waals surface area contributed by atoms with Crippen molar-refractivity contribution in [1.82, 2.24) is 5.32 Å². The summed E-state index contributed by atoms with van der Waals surface area (Å²) in [5, 5.41) is 3.70. The van der Waals surface area contributed by atoms with Crippen molar-refractivity contribution in [3.8, 4) is 0 Å². The van der Waals surface area contributed by atoms with Crippen molar-refractivity contribution in [2.24, 2.45) is 11.8 Å². The number of sulfone groups is 1. The van der Waals surface area contributed by atoms with Gasteiger partial charge in [-0.05, 0) is 42.9 Å².